The van der Waals surface area contributed by atoms with Crippen molar-refractivity contribution in [1.82, 2.24) is 9.63 Å². The maximum atomic E-state index is 12.9. The Kier molecular flexibility index (Phi) is 4.74. The lowest BCUT2D eigenvalue weighted by molar-refractivity contribution is -0.116. The molecule has 1 aliphatic heterocycles. The lowest BCUT2D eigenvalue weighted by Crippen LogP contribution is -2.37. The molecule has 3 amide bonds. The van der Waals surface area contributed by atoms with E-state index in [1.807, 2.05) is 50.2 Å². The Hall–Kier alpha value is -4.39. The van der Waals surface area contributed by atoms with Crippen molar-refractivity contribution in [3.8, 4) is 11.3 Å². The van der Waals surface area contributed by atoms with Gasteiger partial charge < -0.3 is 10.5 Å². The normalized spacial score (nSPS) is 13.0. The zero-order chi connectivity index (χ0) is 23.3. The molecule has 7 nitrogen and oxygen atoms in total. The average Bonchev–Trinajstić information content (AvgIpc) is 3.24. The van der Waals surface area contributed by atoms with Crippen LogP contribution in [0.4, 0.5) is 5.69 Å². The Morgan fingerprint density at radius 1 is 0.848 bits per heavy atom. The molecule has 0 saturated heterocycles. The first kappa shape index (κ1) is 20.5. The van der Waals surface area contributed by atoms with Gasteiger partial charge in [-0.25, -0.2) is 0 Å². The summed E-state index contributed by atoms with van der Waals surface area (Å²) in [6, 6.07) is 19.8. The number of rotatable bonds is 4. The Balaban J connectivity index is 1.42. The minimum Gasteiger partial charge on any atom is -0.428 e. The van der Waals surface area contributed by atoms with Crippen LogP contribution in [0.1, 0.15) is 31.8 Å². The predicted octanol–water partition coefficient (Wildman–Crippen LogP) is 4.40. The fraction of sp³-hybridized carbons (Fsp3) is 0.115. The average molecular weight is 439 g/mol. The third-order valence-electron chi connectivity index (χ3n) is 5.85. The molecule has 3 aromatic carbocycles. The minimum atomic E-state index is -0.561. The topological polar surface area (TPSA) is 91.6 Å². The van der Waals surface area contributed by atoms with Crippen molar-refractivity contribution in [1.29, 1.82) is 0 Å². The quantitative estimate of drug-likeness (QED) is 0.364. The van der Waals surface area contributed by atoms with Crippen molar-refractivity contribution in [2.75, 3.05) is 11.9 Å². The van der Waals surface area contributed by atoms with Crippen LogP contribution in [-0.2, 0) is 4.79 Å². The van der Waals surface area contributed by atoms with Gasteiger partial charge in [-0.1, -0.05) is 47.5 Å². The fourth-order valence-electron chi connectivity index (χ4n) is 4.03. The number of imide groups is 1. The van der Waals surface area contributed by atoms with Gasteiger partial charge in [0.25, 0.3) is 11.8 Å². The highest BCUT2D eigenvalue weighted by Gasteiger charge is 2.37. The lowest BCUT2D eigenvalue weighted by atomic mass is 10.1. The summed E-state index contributed by atoms with van der Waals surface area (Å²) >= 11 is 0. The first-order valence-corrected chi connectivity index (χ1v) is 10.5. The molecular weight excluding hydrogens is 418 g/mol. The van der Waals surface area contributed by atoms with Crippen LogP contribution in [0, 0.1) is 13.8 Å². The molecule has 0 fully saturated rings. The third kappa shape index (κ3) is 3.53. The van der Waals surface area contributed by atoms with Crippen LogP contribution in [0.5, 0.6) is 0 Å². The first-order chi connectivity index (χ1) is 15.8. The number of anilines is 1. The molecule has 0 spiro atoms. The number of aromatic nitrogens is 1. The number of hydrogen-bond donors (Lipinski definition) is 2. The molecule has 0 bridgehead atoms. The van der Waals surface area contributed by atoms with E-state index in [9.17, 15) is 19.6 Å². The number of benzene rings is 3. The van der Waals surface area contributed by atoms with Gasteiger partial charge in [0, 0.05) is 16.6 Å². The predicted molar refractivity (Wildman–Crippen MR) is 124 cm³/mol. The van der Waals surface area contributed by atoms with Gasteiger partial charge in [-0.2, -0.15) is 4.73 Å². The second-order valence-electron chi connectivity index (χ2n) is 8.27. The first-order valence-electron chi connectivity index (χ1n) is 10.5. The molecule has 2 heterocycles. The number of carbonyl (C=O) groups excluding carboxylic acids is 3. The van der Waals surface area contributed by atoms with Crippen molar-refractivity contribution in [3.63, 3.8) is 0 Å². The fourth-order valence-corrected chi connectivity index (χ4v) is 4.03. The molecule has 0 saturated carbocycles. The Bertz CT molecular complexity index is 1430. The van der Waals surface area contributed by atoms with Crippen molar-refractivity contribution >= 4 is 34.3 Å². The monoisotopic (exact) mass is 439 g/mol. The van der Waals surface area contributed by atoms with Gasteiger partial charge in [0.15, 0.2) is 0 Å². The molecule has 33 heavy (non-hydrogen) atoms. The van der Waals surface area contributed by atoms with Crippen LogP contribution in [0.25, 0.3) is 22.2 Å². The van der Waals surface area contributed by atoms with E-state index in [4.69, 9.17) is 0 Å². The van der Waals surface area contributed by atoms with E-state index in [1.165, 1.54) is 6.07 Å². The van der Waals surface area contributed by atoms with Gasteiger partial charge in [0.2, 0.25) is 5.91 Å². The standard InChI is InChI=1S/C26H21N3O4/c1-15-3-7-17(8-4-15)22-12-18-11-20-21(13-23(18)29(22)33)26(32)28(25(20)31)14-24(30)27-19-9-5-16(2)6-10-19/h3-13,33H,14H2,1-2H3,(H,27,30). The van der Waals surface area contributed by atoms with E-state index >= 15 is 0 Å². The van der Waals surface area contributed by atoms with Crippen LogP contribution in [0.2, 0.25) is 0 Å². The van der Waals surface area contributed by atoms with Gasteiger partial charge in [-0.05, 0) is 44.2 Å². The molecule has 0 aliphatic carbocycles. The number of fused-ring (bicyclic) bond motifs is 2. The summed E-state index contributed by atoms with van der Waals surface area (Å²) < 4.78 is 1.02. The summed E-state index contributed by atoms with van der Waals surface area (Å²) in [4.78, 5) is 39.3. The second-order valence-corrected chi connectivity index (χ2v) is 8.27. The highest BCUT2D eigenvalue weighted by atomic mass is 16.5. The molecule has 4 aromatic rings. The van der Waals surface area contributed by atoms with Crippen LogP contribution in [0.15, 0.2) is 66.7 Å². The molecule has 0 unspecified atom stereocenters. The SMILES string of the molecule is Cc1ccc(NC(=O)CN2C(=O)c3cc4cc(-c5ccc(C)cc5)n(O)c4cc3C2=O)cc1. The number of amides is 3. The van der Waals surface area contributed by atoms with Gasteiger partial charge >= 0.3 is 0 Å². The molecule has 5 rings (SSSR count). The number of hydrogen-bond acceptors (Lipinski definition) is 4. The third-order valence-corrected chi connectivity index (χ3v) is 5.85. The van der Waals surface area contributed by atoms with Crippen LogP contribution < -0.4 is 5.32 Å². The summed E-state index contributed by atoms with van der Waals surface area (Å²) in [5.74, 6) is -1.56. The van der Waals surface area contributed by atoms with Crippen LogP contribution in [-0.4, -0.2) is 39.1 Å². The van der Waals surface area contributed by atoms with Crippen molar-refractivity contribution in [2.24, 2.45) is 0 Å². The summed E-state index contributed by atoms with van der Waals surface area (Å²) in [5.41, 5.74) is 4.91. The molecule has 1 aromatic heterocycles. The van der Waals surface area contributed by atoms with E-state index in [0.717, 1.165) is 26.3 Å². The van der Waals surface area contributed by atoms with Crippen molar-refractivity contribution in [3.05, 3.63) is 89.0 Å². The summed E-state index contributed by atoms with van der Waals surface area (Å²) in [5, 5.41) is 14.1. The number of carbonyl (C=O) groups is 3. The largest absolute Gasteiger partial charge is 0.428 e. The molecule has 0 atom stereocenters. The van der Waals surface area contributed by atoms with Crippen LogP contribution in [0.3, 0.4) is 0 Å². The molecule has 7 heteroatoms. The lowest BCUT2D eigenvalue weighted by Gasteiger charge is -2.13. The number of aryl methyl sites for hydroxylation is 2. The highest BCUT2D eigenvalue weighted by Crippen LogP contribution is 2.32. The second kappa shape index (κ2) is 7.63. The van der Waals surface area contributed by atoms with Gasteiger partial charge in [0.05, 0.1) is 22.3 Å². The summed E-state index contributed by atoms with van der Waals surface area (Å²) in [7, 11) is 0. The van der Waals surface area contributed by atoms with Crippen molar-refractivity contribution in [2.45, 2.75) is 13.8 Å². The summed E-state index contributed by atoms with van der Waals surface area (Å²) in [6.07, 6.45) is 0. The summed E-state index contributed by atoms with van der Waals surface area (Å²) in [6.45, 7) is 3.53. The molecular formula is C26H21N3O4. The molecule has 1 aliphatic rings. The van der Waals surface area contributed by atoms with Gasteiger partial charge in [-0.15, -0.1) is 0 Å². The van der Waals surface area contributed by atoms with E-state index in [1.54, 1.807) is 24.3 Å². The van der Waals surface area contributed by atoms with E-state index in [2.05, 4.69) is 5.32 Å². The van der Waals surface area contributed by atoms with E-state index in [-0.39, 0.29) is 11.1 Å². The Labute approximate surface area is 189 Å². The van der Waals surface area contributed by atoms with E-state index in [0.29, 0.717) is 22.3 Å². The number of nitrogens with one attached hydrogen (secondary N) is 1. The maximum Gasteiger partial charge on any atom is 0.262 e. The zero-order valence-electron chi connectivity index (χ0n) is 18.1. The Morgan fingerprint density at radius 3 is 2.06 bits per heavy atom. The number of nitrogens with zero attached hydrogens (tertiary/aromatic N) is 2. The molecule has 164 valence electrons. The molecule has 0 radical (unpaired) electrons. The van der Waals surface area contributed by atoms with Crippen LogP contribution >= 0.6 is 0 Å². The van der Waals surface area contributed by atoms with Crippen molar-refractivity contribution < 1.29 is 19.6 Å². The van der Waals surface area contributed by atoms with Gasteiger partial charge in [-0.3, -0.25) is 19.3 Å². The molecule has 2 N–H and O–H groups in total. The Morgan fingerprint density at radius 2 is 1.42 bits per heavy atom. The van der Waals surface area contributed by atoms with Gasteiger partial charge in [0.1, 0.15) is 6.54 Å². The highest BCUT2D eigenvalue weighted by molar-refractivity contribution is 6.24. The zero-order valence-corrected chi connectivity index (χ0v) is 18.1. The smallest absolute Gasteiger partial charge is 0.262 e. The van der Waals surface area contributed by atoms with E-state index < -0.39 is 24.3 Å². The maximum absolute atomic E-state index is 12.9. The minimum absolute atomic E-state index is 0.166.